The van der Waals surface area contributed by atoms with E-state index in [2.05, 4.69) is 17.4 Å². The largest absolute Gasteiger partial charge is 0.376 e. The summed E-state index contributed by atoms with van der Waals surface area (Å²) < 4.78 is 10.4. The van der Waals surface area contributed by atoms with Gasteiger partial charge in [-0.25, -0.2) is 0 Å². The molecule has 2 rings (SSSR count). The number of benzene rings is 1. The van der Waals surface area contributed by atoms with Gasteiger partial charge in [0.1, 0.15) is 6.61 Å². The number of carbonyl (C=O) groups excluding carboxylic acids is 1. The second kappa shape index (κ2) is 5.50. The van der Waals surface area contributed by atoms with Gasteiger partial charge in [-0.3, -0.25) is 4.79 Å². The second-order valence-corrected chi connectivity index (χ2v) is 4.72. The van der Waals surface area contributed by atoms with Crippen LogP contribution >= 0.6 is 0 Å². The molecule has 4 heteroatoms. The third-order valence-electron chi connectivity index (χ3n) is 3.46. The topological polar surface area (TPSA) is 47.6 Å². The van der Waals surface area contributed by atoms with Crippen LogP contribution in [0, 0.1) is 0 Å². The molecule has 1 aliphatic rings. The van der Waals surface area contributed by atoms with Crippen LogP contribution in [0.25, 0.3) is 0 Å². The summed E-state index contributed by atoms with van der Waals surface area (Å²) in [5.41, 5.74) is 2.30. The molecule has 0 saturated heterocycles. The highest BCUT2D eigenvalue weighted by molar-refractivity contribution is 5.77. The Morgan fingerprint density at radius 2 is 1.89 bits per heavy atom. The van der Waals surface area contributed by atoms with Crippen molar-refractivity contribution in [1.82, 2.24) is 5.32 Å². The third kappa shape index (κ3) is 2.71. The molecule has 0 atom stereocenters. The van der Waals surface area contributed by atoms with Crippen molar-refractivity contribution in [2.75, 3.05) is 27.4 Å². The molecule has 1 aromatic carbocycles. The van der Waals surface area contributed by atoms with Gasteiger partial charge in [0.2, 0.25) is 5.91 Å². The molecule has 0 spiro atoms. The first-order valence-electron chi connectivity index (χ1n) is 6.07. The zero-order chi connectivity index (χ0) is 13.0. The number of amides is 1. The summed E-state index contributed by atoms with van der Waals surface area (Å²) in [6, 6.07) is 8.31. The first kappa shape index (κ1) is 13.1. The summed E-state index contributed by atoms with van der Waals surface area (Å²) in [5.74, 6) is -0.107. The molecule has 98 valence electrons. The molecule has 0 heterocycles. The Morgan fingerprint density at radius 1 is 1.28 bits per heavy atom. The van der Waals surface area contributed by atoms with E-state index in [0.717, 1.165) is 12.8 Å². The Bertz CT molecular complexity index is 406. The van der Waals surface area contributed by atoms with Gasteiger partial charge >= 0.3 is 0 Å². The van der Waals surface area contributed by atoms with E-state index in [9.17, 15) is 4.79 Å². The molecule has 0 fully saturated rings. The highest BCUT2D eigenvalue weighted by Gasteiger charge is 2.37. The lowest BCUT2D eigenvalue weighted by atomic mass is 10.00. The summed E-state index contributed by atoms with van der Waals surface area (Å²) in [4.78, 5) is 11.4. The van der Waals surface area contributed by atoms with Gasteiger partial charge in [0, 0.05) is 33.6 Å². The molecule has 0 saturated carbocycles. The molecule has 0 aromatic heterocycles. The van der Waals surface area contributed by atoms with E-state index < -0.39 is 0 Å². The van der Waals surface area contributed by atoms with Crippen molar-refractivity contribution in [2.24, 2.45) is 0 Å². The summed E-state index contributed by atoms with van der Waals surface area (Å²) in [6.07, 6.45) is 1.68. The Kier molecular flexibility index (Phi) is 3.99. The fraction of sp³-hybridized carbons (Fsp3) is 0.500. The summed E-state index contributed by atoms with van der Waals surface area (Å²) in [6.45, 7) is 0.604. The van der Waals surface area contributed by atoms with E-state index in [0.29, 0.717) is 6.54 Å². The van der Waals surface area contributed by atoms with E-state index in [4.69, 9.17) is 9.47 Å². The molecule has 4 nitrogen and oxygen atoms in total. The molecular formula is C14H19NO3. The maximum absolute atomic E-state index is 11.4. The van der Waals surface area contributed by atoms with E-state index in [-0.39, 0.29) is 18.1 Å². The maximum Gasteiger partial charge on any atom is 0.246 e. The Morgan fingerprint density at radius 3 is 2.39 bits per heavy atom. The van der Waals surface area contributed by atoms with Crippen molar-refractivity contribution in [3.63, 3.8) is 0 Å². The van der Waals surface area contributed by atoms with Crippen LogP contribution in [0.1, 0.15) is 11.1 Å². The zero-order valence-corrected chi connectivity index (χ0v) is 10.9. The lowest BCUT2D eigenvalue weighted by Gasteiger charge is -2.27. The normalized spacial score (nSPS) is 16.3. The number of methoxy groups -OCH3 is 2. The SMILES string of the molecule is COCC(=O)NCC1(OC)Cc2ccccc2C1. The summed E-state index contributed by atoms with van der Waals surface area (Å²) >= 11 is 0. The minimum Gasteiger partial charge on any atom is -0.376 e. The molecule has 18 heavy (non-hydrogen) atoms. The van der Waals surface area contributed by atoms with Crippen LogP contribution in [0.3, 0.4) is 0 Å². The molecule has 1 aliphatic carbocycles. The number of hydrogen-bond donors (Lipinski definition) is 1. The van der Waals surface area contributed by atoms with Gasteiger partial charge in [0.25, 0.3) is 0 Å². The van der Waals surface area contributed by atoms with Crippen molar-refractivity contribution < 1.29 is 14.3 Å². The van der Waals surface area contributed by atoms with Gasteiger partial charge < -0.3 is 14.8 Å². The number of ether oxygens (including phenoxy) is 2. The number of fused-ring (bicyclic) bond motifs is 1. The number of nitrogens with one attached hydrogen (secondary N) is 1. The monoisotopic (exact) mass is 249 g/mol. The molecule has 0 aliphatic heterocycles. The molecule has 1 aromatic rings. The number of carbonyl (C=O) groups is 1. The Hall–Kier alpha value is -1.39. The first-order valence-corrected chi connectivity index (χ1v) is 6.07. The van der Waals surface area contributed by atoms with E-state index in [1.165, 1.54) is 18.2 Å². The van der Waals surface area contributed by atoms with Crippen molar-refractivity contribution in [1.29, 1.82) is 0 Å². The smallest absolute Gasteiger partial charge is 0.246 e. The standard InChI is InChI=1S/C14H19NO3/c1-17-9-13(16)15-10-14(18-2)7-11-5-3-4-6-12(11)8-14/h3-6H,7-10H2,1-2H3,(H,15,16). The van der Waals surface area contributed by atoms with Crippen LogP contribution in [-0.4, -0.2) is 38.9 Å². The molecule has 1 amide bonds. The van der Waals surface area contributed by atoms with Crippen molar-refractivity contribution >= 4 is 5.91 Å². The van der Waals surface area contributed by atoms with Gasteiger partial charge in [-0.15, -0.1) is 0 Å². The first-order chi connectivity index (χ1) is 8.69. The quantitative estimate of drug-likeness (QED) is 0.844. The average Bonchev–Trinajstić information content (AvgIpc) is 2.76. The van der Waals surface area contributed by atoms with Crippen LogP contribution in [0.5, 0.6) is 0 Å². The molecule has 0 unspecified atom stereocenters. The molecular weight excluding hydrogens is 230 g/mol. The third-order valence-corrected chi connectivity index (χ3v) is 3.46. The second-order valence-electron chi connectivity index (χ2n) is 4.72. The minimum absolute atomic E-state index is 0.0900. The highest BCUT2D eigenvalue weighted by Crippen LogP contribution is 2.31. The van der Waals surface area contributed by atoms with E-state index in [1.807, 2.05) is 12.1 Å². The Labute approximate surface area is 107 Å². The van der Waals surface area contributed by atoms with Crippen LogP contribution in [0.15, 0.2) is 24.3 Å². The molecule has 0 bridgehead atoms. The minimum atomic E-state index is -0.312. The predicted molar refractivity (Wildman–Crippen MR) is 68.5 cm³/mol. The van der Waals surface area contributed by atoms with Gasteiger partial charge in [0.15, 0.2) is 0 Å². The van der Waals surface area contributed by atoms with Crippen LogP contribution in [0.4, 0.5) is 0 Å². The van der Waals surface area contributed by atoms with E-state index in [1.54, 1.807) is 7.11 Å². The van der Waals surface area contributed by atoms with Crippen molar-refractivity contribution in [3.05, 3.63) is 35.4 Å². The van der Waals surface area contributed by atoms with Gasteiger partial charge in [-0.1, -0.05) is 24.3 Å². The lowest BCUT2D eigenvalue weighted by molar-refractivity contribution is -0.126. The maximum atomic E-state index is 11.4. The fourth-order valence-corrected chi connectivity index (χ4v) is 2.44. The summed E-state index contributed by atoms with van der Waals surface area (Å²) in [7, 11) is 3.21. The highest BCUT2D eigenvalue weighted by atomic mass is 16.5. The molecule has 1 N–H and O–H groups in total. The van der Waals surface area contributed by atoms with Crippen LogP contribution < -0.4 is 5.32 Å². The van der Waals surface area contributed by atoms with Gasteiger partial charge in [0.05, 0.1) is 5.60 Å². The number of rotatable bonds is 5. The summed E-state index contributed by atoms with van der Waals surface area (Å²) in [5, 5.41) is 2.86. The van der Waals surface area contributed by atoms with Gasteiger partial charge in [-0.2, -0.15) is 0 Å². The molecule has 0 radical (unpaired) electrons. The van der Waals surface area contributed by atoms with Gasteiger partial charge in [-0.05, 0) is 11.1 Å². The average molecular weight is 249 g/mol. The van der Waals surface area contributed by atoms with E-state index >= 15 is 0 Å². The zero-order valence-electron chi connectivity index (χ0n) is 10.9. The lowest BCUT2D eigenvalue weighted by Crippen LogP contribution is -2.46. The fourth-order valence-electron chi connectivity index (χ4n) is 2.44. The van der Waals surface area contributed by atoms with Crippen LogP contribution in [0.2, 0.25) is 0 Å². The number of hydrogen-bond acceptors (Lipinski definition) is 3. The van der Waals surface area contributed by atoms with Crippen molar-refractivity contribution in [2.45, 2.75) is 18.4 Å². The van der Waals surface area contributed by atoms with Crippen LogP contribution in [-0.2, 0) is 27.1 Å². The van der Waals surface area contributed by atoms with Crippen molar-refractivity contribution in [3.8, 4) is 0 Å². The Balaban J connectivity index is 2.00. The predicted octanol–water partition coefficient (Wildman–Crippen LogP) is 0.933.